The van der Waals surface area contributed by atoms with E-state index in [0.29, 0.717) is 6.42 Å². The molecule has 0 aromatic heterocycles. The summed E-state index contributed by atoms with van der Waals surface area (Å²) in [4.78, 5) is 24.1. The van der Waals surface area contributed by atoms with Crippen LogP contribution < -0.4 is 10.1 Å². The van der Waals surface area contributed by atoms with Gasteiger partial charge in [-0.2, -0.15) is 0 Å². The molecule has 0 aliphatic heterocycles. The zero-order valence-electron chi connectivity index (χ0n) is 20.3. The third-order valence-corrected chi connectivity index (χ3v) is 5.92. The van der Waals surface area contributed by atoms with Gasteiger partial charge in [0.25, 0.3) is 0 Å². The van der Waals surface area contributed by atoms with E-state index in [0.717, 1.165) is 33.6 Å². The number of fused-ring (bicyclic) bond motifs is 3. The molecule has 0 saturated carbocycles. The van der Waals surface area contributed by atoms with Crippen LogP contribution in [0.15, 0.2) is 72.8 Å². The quantitative estimate of drug-likeness (QED) is 0.433. The molecule has 0 saturated heterocycles. The van der Waals surface area contributed by atoms with E-state index in [-0.39, 0.29) is 24.5 Å². The molecule has 182 valence electrons. The minimum Gasteiger partial charge on any atom is -0.488 e. The maximum Gasteiger partial charge on any atom is 0.407 e. The van der Waals surface area contributed by atoms with E-state index >= 15 is 0 Å². The monoisotopic (exact) mass is 473 g/mol. The fraction of sp³-hybridized carbons (Fsp3) is 0.310. The first-order valence-corrected chi connectivity index (χ1v) is 11.8. The van der Waals surface area contributed by atoms with Crippen LogP contribution in [-0.4, -0.2) is 35.4 Å². The number of amides is 1. The Morgan fingerprint density at radius 3 is 2.03 bits per heavy atom. The molecule has 3 aromatic rings. The van der Waals surface area contributed by atoms with Crippen LogP contribution in [-0.2, 0) is 16.0 Å². The van der Waals surface area contributed by atoms with Crippen molar-refractivity contribution in [1.29, 1.82) is 0 Å². The summed E-state index contributed by atoms with van der Waals surface area (Å²) in [5.41, 5.74) is 5.15. The number of hydrogen-bond acceptors (Lipinski definition) is 4. The van der Waals surface area contributed by atoms with Crippen molar-refractivity contribution in [2.75, 3.05) is 6.61 Å². The summed E-state index contributed by atoms with van der Waals surface area (Å²) in [6.07, 6.45) is -0.456. The van der Waals surface area contributed by atoms with Crippen molar-refractivity contribution >= 4 is 12.1 Å². The Bertz CT molecular complexity index is 1150. The number of carbonyl (C=O) groups excluding carboxylic acids is 1. The number of carboxylic acids is 1. The lowest BCUT2D eigenvalue weighted by Gasteiger charge is -2.22. The first-order chi connectivity index (χ1) is 16.7. The maximum absolute atomic E-state index is 12.7. The van der Waals surface area contributed by atoms with Crippen molar-refractivity contribution in [1.82, 2.24) is 5.32 Å². The molecule has 0 unspecified atom stereocenters. The van der Waals surface area contributed by atoms with Crippen LogP contribution in [0.2, 0.25) is 0 Å². The molecule has 1 atom stereocenters. The number of rotatable bonds is 8. The molecule has 6 nitrogen and oxygen atoms in total. The van der Waals surface area contributed by atoms with Gasteiger partial charge in [0, 0.05) is 12.0 Å². The summed E-state index contributed by atoms with van der Waals surface area (Å²) in [6, 6.07) is 23.1. The van der Waals surface area contributed by atoms with Gasteiger partial charge >= 0.3 is 12.1 Å². The lowest BCUT2D eigenvalue weighted by atomic mass is 9.98. The lowest BCUT2D eigenvalue weighted by Crippen LogP contribution is -2.39. The number of hydrogen-bond donors (Lipinski definition) is 2. The number of aliphatic carboxylic acids is 1. The summed E-state index contributed by atoms with van der Waals surface area (Å²) < 4.78 is 11.4. The van der Waals surface area contributed by atoms with Crippen molar-refractivity contribution in [2.24, 2.45) is 0 Å². The van der Waals surface area contributed by atoms with E-state index in [9.17, 15) is 14.7 Å². The largest absolute Gasteiger partial charge is 0.488 e. The van der Waals surface area contributed by atoms with E-state index < -0.39 is 18.1 Å². The van der Waals surface area contributed by atoms with Crippen LogP contribution in [0.5, 0.6) is 5.75 Å². The van der Waals surface area contributed by atoms with Gasteiger partial charge in [0.1, 0.15) is 18.0 Å². The number of ether oxygens (including phenoxy) is 2. The standard InChI is InChI=1S/C29H31NO5/c1-29(2,3)35-21-14-12-19(13-15-21)16-20(17-27(31)32)30-28(33)34-18-26-24-10-6-4-8-22(24)23-9-5-7-11-25(23)26/h4-15,20,26H,16-18H2,1-3H3,(H,30,33)(H,31,32)/t20-/m0/s1. The third-order valence-electron chi connectivity index (χ3n) is 5.92. The van der Waals surface area contributed by atoms with Crippen molar-refractivity contribution in [3.8, 4) is 16.9 Å². The highest BCUT2D eigenvalue weighted by atomic mass is 16.5. The van der Waals surface area contributed by atoms with E-state index in [1.54, 1.807) is 0 Å². The summed E-state index contributed by atoms with van der Waals surface area (Å²) in [7, 11) is 0. The van der Waals surface area contributed by atoms with Crippen LogP contribution in [0.4, 0.5) is 4.79 Å². The Hall–Kier alpha value is -3.80. The van der Waals surface area contributed by atoms with Gasteiger partial charge in [0.05, 0.1) is 6.42 Å². The van der Waals surface area contributed by atoms with Gasteiger partial charge in [-0.05, 0) is 67.1 Å². The first kappa shape index (κ1) is 24.3. The van der Waals surface area contributed by atoms with Gasteiger partial charge < -0.3 is 19.9 Å². The lowest BCUT2D eigenvalue weighted by molar-refractivity contribution is -0.137. The molecular formula is C29H31NO5. The van der Waals surface area contributed by atoms with Crippen LogP contribution in [0.25, 0.3) is 11.1 Å². The predicted octanol–water partition coefficient (Wildman–Crippen LogP) is 5.79. The van der Waals surface area contributed by atoms with Crippen molar-refractivity contribution in [3.63, 3.8) is 0 Å². The SMILES string of the molecule is CC(C)(C)Oc1ccc(C[C@@H](CC(=O)O)NC(=O)OCC2c3ccccc3-c3ccccc32)cc1. The summed E-state index contributed by atoms with van der Waals surface area (Å²) in [6.45, 7) is 6.10. The van der Waals surface area contributed by atoms with Gasteiger partial charge in [0.2, 0.25) is 0 Å². The predicted molar refractivity (Wildman–Crippen MR) is 135 cm³/mol. The summed E-state index contributed by atoms with van der Waals surface area (Å²) in [5.74, 6) is -0.302. The zero-order valence-corrected chi connectivity index (χ0v) is 20.3. The Labute approximate surface area is 205 Å². The van der Waals surface area contributed by atoms with Crippen LogP contribution >= 0.6 is 0 Å². The van der Waals surface area contributed by atoms with Gasteiger partial charge in [-0.15, -0.1) is 0 Å². The van der Waals surface area contributed by atoms with E-state index in [1.165, 1.54) is 0 Å². The molecule has 3 aromatic carbocycles. The van der Waals surface area contributed by atoms with Gasteiger partial charge in [-0.25, -0.2) is 4.79 Å². The highest BCUT2D eigenvalue weighted by molar-refractivity contribution is 5.79. The summed E-state index contributed by atoms with van der Waals surface area (Å²) in [5, 5.41) is 12.1. The fourth-order valence-corrected chi connectivity index (χ4v) is 4.52. The minimum absolute atomic E-state index is 0.0542. The second-order valence-corrected chi connectivity index (χ2v) is 9.83. The van der Waals surface area contributed by atoms with Gasteiger partial charge in [0.15, 0.2) is 0 Å². The molecule has 0 heterocycles. The number of nitrogens with one attached hydrogen (secondary N) is 1. The van der Waals surface area contributed by atoms with Crippen molar-refractivity contribution in [2.45, 2.75) is 51.2 Å². The molecule has 0 radical (unpaired) electrons. The second kappa shape index (κ2) is 10.2. The molecule has 6 heteroatoms. The average molecular weight is 474 g/mol. The number of carbonyl (C=O) groups is 2. The first-order valence-electron chi connectivity index (χ1n) is 11.8. The molecule has 0 fully saturated rings. The molecule has 1 aliphatic rings. The Morgan fingerprint density at radius 1 is 0.914 bits per heavy atom. The smallest absolute Gasteiger partial charge is 0.407 e. The van der Waals surface area contributed by atoms with Crippen LogP contribution in [0.1, 0.15) is 49.8 Å². The molecule has 1 aliphatic carbocycles. The van der Waals surface area contributed by atoms with E-state index in [4.69, 9.17) is 9.47 Å². The van der Waals surface area contributed by atoms with E-state index in [2.05, 4.69) is 29.6 Å². The highest BCUT2D eigenvalue weighted by Gasteiger charge is 2.29. The molecule has 2 N–H and O–H groups in total. The van der Waals surface area contributed by atoms with Crippen molar-refractivity contribution < 1.29 is 24.2 Å². The number of alkyl carbamates (subject to hydrolysis) is 1. The van der Waals surface area contributed by atoms with E-state index in [1.807, 2.05) is 69.3 Å². The highest BCUT2D eigenvalue weighted by Crippen LogP contribution is 2.44. The van der Waals surface area contributed by atoms with Gasteiger partial charge in [-0.1, -0.05) is 60.7 Å². The molecule has 1 amide bonds. The normalized spacial score (nSPS) is 13.5. The topological polar surface area (TPSA) is 84.9 Å². The molecule has 4 rings (SSSR count). The van der Waals surface area contributed by atoms with Crippen molar-refractivity contribution in [3.05, 3.63) is 89.5 Å². The van der Waals surface area contributed by atoms with Crippen LogP contribution in [0, 0.1) is 0 Å². The zero-order chi connectivity index (χ0) is 25.0. The molecular weight excluding hydrogens is 442 g/mol. The number of carboxylic acid groups (broad SMARTS) is 1. The van der Waals surface area contributed by atoms with Gasteiger partial charge in [-0.3, -0.25) is 4.79 Å². The number of benzene rings is 3. The molecule has 0 bridgehead atoms. The third kappa shape index (κ3) is 6.21. The fourth-order valence-electron chi connectivity index (χ4n) is 4.52. The molecule has 0 spiro atoms. The average Bonchev–Trinajstić information content (AvgIpc) is 3.11. The maximum atomic E-state index is 12.7. The molecule has 35 heavy (non-hydrogen) atoms. The minimum atomic E-state index is -0.985. The van der Waals surface area contributed by atoms with Crippen LogP contribution in [0.3, 0.4) is 0 Å². The Balaban J connectivity index is 1.39. The Kier molecular flexibility index (Phi) is 7.10. The Morgan fingerprint density at radius 2 is 1.49 bits per heavy atom. The second-order valence-electron chi connectivity index (χ2n) is 9.83. The summed E-state index contributed by atoms with van der Waals surface area (Å²) >= 11 is 0.